The second-order valence-electron chi connectivity index (χ2n) is 6.30. The molecule has 2 unspecified atom stereocenters. The van der Waals surface area contributed by atoms with Gasteiger partial charge in [-0.05, 0) is 25.2 Å². The summed E-state index contributed by atoms with van der Waals surface area (Å²) in [7, 11) is 0. The average Bonchev–Trinajstić information content (AvgIpc) is 2.33. The lowest BCUT2D eigenvalue weighted by Crippen LogP contribution is -2.35. The number of carboxylic acid groups (broad SMARTS) is 1. The Bertz CT molecular complexity index is 249. The Balaban J connectivity index is 2.32. The molecule has 0 aromatic rings. The van der Waals surface area contributed by atoms with E-state index in [-0.39, 0.29) is 5.41 Å². The van der Waals surface area contributed by atoms with E-state index >= 15 is 0 Å². The van der Waals surface area contributed by atoms with Crippen molar-refractivity contribution in [3.8, 4) is 0 Å². The van der Waals surface area contributed by atoms with Gasteiger partial charge in [0.15, 0.2) is 0 Å². The first kappa shape index (κ1) is 15.5. The Morgan fingerprint density at radius 1 is 1.22 bits per heavy atom. The molecule has 2 atom stereocenters. The van der Waals surface area contributed by atoms with Crippen LogP contribution in [0.25, 0.3) is 0 Å². The third-order valence-electron chi connectivity index (χ3n) is 4.55. The second-order valence-corrected chi connectivity index (χ2v) is 6.30. The molecule has 18 heavy (non-hydrogen) atoms. The summed E-state index contributed by atoms with van der Waals surface area (Å²) >= 11 is 0. The first-order chi connectivity index (χ1) is 8.60. The summed E-state index contributed by atoms with van der Waals surface area (Å²) in [6.07, 6.45) is 12.5. The molecule has 0 saturated heterocycles. The first-order valence-electron chi connectivity index (χ1n) is 7.84. The molecule has 0 aromatic carbocycles. The molecule has 0 amide bonds. The number of unbranched alkanes of at least 4 members (excludes halogenated alkanes) is 5. The molecule has 0 aliphatic heterocycles. The molecular weight excluding hydrogens is 224 g/mol. The molecule has 0 radical (unpaired) electrons. The van der Waals surface area contributed by atoms with Crippen molar-refractivity contribution < 1.29 is 9.90 Å². The molecule has 0 aromatic heterocycles. The fraction of sp³-hybridized carbons (Fsp3) is 0.938. The van der Waals surface area contributed by atoms with Crippen LogP contribution in [0.2, 0.25) is 0 Å². The van der Waals surface area contributed by atoms with Gasteiger partial charge in [-0.1, -0.05) is 65.2 Å². The normalized spacial score (nSPS) is 28.2. The van der Waals surface area contributed by atoms with E-state index in [9.17, 15) is 9.90 Å². The SMILES string of the molecule is CCCCCCCCC1(C(=O)O)CCCC(C)C1. The van der Waals surface area contributed by atoms with Gasteiger partial charge in [-0.15, -0.1) is 0 Å². The lowest BCUT2D eigenvalue weighted by atomic mass is 9.67. The lowest BCUT2D eigenvalue weighted by molar-refractivity contribution is -0.152. The lowest BCUT2D eigenvalue weighted by Gasteiger charge is -2.36. The fourth-order valence-corrected chi connectivity index (χ4v) is 3.43. The molecule has 1 N–H and O–H groups in total. The zero-order valence-corrected chi connectivity index (χ0v) is 12.2. The molecule has 1 aliphatic rings. The monoisotopic (exact) mass is 254 g/mol. The van der Waals surface area contributed by atoms with Crippen molar-refractivity contribution in [1.82, 2.24) is 0 Å². The van der Waals surface area contributed by atoms with Crippen molar-refractivity contribution in [3.63, 3.8) is 0 Å². The van der Waals surface area contributed by atoms with Crippen molar-refractivity contribution in [2.75, 3.05) is 0 Å². The predicted molar refractivity (Wildman–Crippen MR) is 75.7 cm³/mol. The van der Waals surface area contributed by atoms with E-state index in [2.05, 4.69) is 13.8 Å². The Hall–Kier alpha value is -0.530. The van der Waals surface area contributed by atoms with Crippen molar-refractivity contribution in [2.24, 2.45) is 11.3 Å². The van der Waals surface area contributed by atoms with E-state index in [4.69, 9.17) is 0 Å². The average molecular weight is 254 g/mol. The highest BCUT2D eigenvalue weighted by molar-refractivity contribution is 5.74. The highest BCUT2D eigenvalue weighted by Crippen LogP contribution is 2.43. The molecule has 1 fully saturated rings. The van der Waals surface area contributed by atoms with Gasteiger partial charge in [-0.25, -0.2) is 0 Å². The van der Waals surface area contributed by atoms with E-state index < -0.39 is 5.97 Å². The molecule has 2 heteroatoms. The Kier molecular flexibility index (Phi) is 6.73. The van der Waals surface area contributed by atoms with Gasteiger partial charge in [-0.2, -0.15) is 0 Å². The van der Waals surface area contributed by atoms with Crippen LogP contribution in [0.5, 0.6) is 0 Å². The van der Waals surface area contributed by atoms with E-state index in [1.165, 1.54) is 38.5 Å². The van der Waals surface area contributed by atoms with Gasteiger partial charge in [-0.3, -0.25) is 4.79 Å². The van der Waals surface area contributed by atoms with Crippen molar-refractivity contribution in [1.29, 1.82) is 0 Å². The maximum absolute atomic E-state index is 11.6. The van der Waals surface area contributed by atoms with E-state index in [0.717, 1.165) is 32.1 Å². The molecule has 106 valence electrons. The van der Waals surface area contributed by atoms with Gasteiger partial charge in [0, 0.05) is 0 Å². The minimum absolute atomic E-state index is 0.386. The molecule has 0 heterocycles. The summed E-state index contributed by atoms with van der Waals surface area (Å²) in [5.41, 5.74) is -0.386. The largest absolute Gasteiger partial charge is 0.481 e. The van der Waals surface area contributed by atoms with Gasteiger partial charge < -0.3 is 5.11 Å². The summed E-state index contributed by atoms with van der Waals surface area (Å²) in [6.45, 7) is 4.43. The van der Waals surface area contributed by atoms with Crippen LogP contribution < -0.4 is 0 Å². The molecule has 1 rings (SSSR count). The third-order valence-corrected chi connectivity index (χ3v) is 4.55. The number of hydrogen-bond acceptors (Lipinski definition) is 1. The molecule has 1 aliphatic carbocycles. The van der Waals surface area contributed by atoms with Crippen LogP contribution in [0.4, 0.5) is 0 Å². The topological polar surface area (TPSA) is 37.3 Å². The van der Waals surface area contributed by atoms with Gasteiger partial charge in [0.25, 0.3) is 0 Å². The molecule has 1 saturated carbocycles. The Morgan fingerprint density at radius 3 is 2.50 bits per heavy atom. The van der Waals surface area contributed by atoms with Crippen molar-refractivity contribution in [3.05, 3.63) is 0 Å². The summed E-state index contributed by atoms with van der Waals surface area (Å²) in [6, 6.07) is 0. The first-order valence-corrected chi connectivity index (χ1v) is 7.84. The fourth-order valence-electron chi connectivity index (χ4n) is 3.43. The van der Waals surface area contributed by atoms with E-state index in [1.807, 2.05) is 0 Å². The minimum atomic E-state index is -0.539. The van der Waals surface area contributed by atoms with Crippen LogP contribution >= 0.6 is 0 Å². The van der Waals surface area contributed by atoms with Crippen LogP contribution in [0, 0.1) is 11.3 Å². The second kappa shape index (κ2) is 7.81. The van der Waals surface area contributed by atoms with Gasteiger partial charge in [0.1, 0.15) is 0 Å². The molecule has 2 nitrogen and oxygen atoms in total. The van der Waals surface area contributed by atoms with Crippen LogP contribution in [0.3, 0.4) is 0 Å². The number of rotatable bonds is 8. The molecule has 0 bridgehead atoms. The Labute approximate surface area is 112 Å². The number of aliphatic carboxylic acids is 1. The minimum Gasteiger partial charge on any atom is -0.481 e. The number of carbonyl (C=O) groups is 1. The quantitative estimate of drug-likeness (QED) is 0.618. The predicted octanol–water partition coefficient (Wildman–Crippen LogP) is 5.02. The van der Waals surface area contributed by atoms with Crippen LogP contribution in [-0.2, 0) is 4.79 Å². The van der Waals surface area contributed by atoms with Crippen molar-refractivity contribution in [2.45, 2.75) is 84.5 Å². The zero-order chi connectivity index (χ0) is 13.4. The van der Waals surface area contributed by atoms with Crippen LogP contribution in [0.1, 0.15) is 84.5 Å². The van der Waals surface area contributed by atoms with Crippen LogP contribution in [0.15, 0.2) is 0 Å². The van der Waals surface area contributed by atoms with Gasteiger partial charge >= 0.3 is 5.97 Å². The smallest absolute Gasteiger partial charge is 0.309 e. The summed E-state index contributed by atoms with van der Waals surface area (Å²) in [5, 5.41) is 9.55. The zero-order valence-electron chi connectivity index (χ0n) is 12.2. The number of carboxylic acids is 1. The standard InChI is InChI=1S/C16H30O2/c1-3-4-5-6-7-8-11-16(15(17)18)12-9-10-14(2)13-16/h14H,3-13H2,1-2H3,(H,17,18). The summed E-state index contributed by atoms with van der Waals surface area (Å²) < 4.78 is 0. The third kappa shape index (κ3) is 4.62. The highest BCUT2D eigenvalue weighted by Gasteiger charge is 2.40. The van der Waals surface area contributed by atoms with E-state index in [1.54, 1.807) is 0 Å². The number of hydrogen-bond donors (Lipinski definition) is 1. The molecule has 0 spiro atoms. The van der Waals surface area contributed by atoms with E-state index in [0.29, 0.717) is 5.92 Å². The maximum atomic E-state index is 11.6. The van der Waals surface area contributed by atoms with Crippen molar-refractivity contribution >= 4 is 5.97 Å². The molecular formula is C16H30O2. The Morgan fingerprint density at radius 2 is 1.89 bits per heavy atom. The van der Waals surface area contributed by atoms with Crippen LogP contribution in [-0.4, -0.2) is 11.1 Å². The highest BCUT2D eigenvalue weighted by atomic mass is 16.4. The maximum Gasteiger partial charge on any atom is 0.309 e. The van der Waals surface area contributed by atoms with Gasteiger partial charge in [0.2, 0.25) is 0 Å². The summed E-state index contributed by atoms with van der Waals surface area (Å²) in [4.78, 5) is 11.6. The summed E-state index contributed by atoms with van der Waals surface area (Å²) in [5.74, 6) is 0.0533. The van der Waals surface area contributed by atoms with Gasteiger partial charge in [0.05, 0.1) is 5.41 Å².